The first kappa shape index (κ1) is 31.1. The van der Waals surface area contributed by atoms with Crippen molar-refractivity contribution in [2.45, 2.75) is 64.6 Å². The molecule has 0 radical (unpaired) electrons. The molecular formula is C30H46N4O4. The van der Waals surface area contributed by atoms with Crippen LogP contribution < -0.4 is 11.5 Å². The summed E-state index contributed by atoms with van der Waals surface area (Å²) in [5.74, 6) is 0. The van der Waals surface area contributed by atoms with Gasteiger partial charge in [0.05, 0.1) is 0 Å². The maximum absolute atomic E-state index is 12.8. The summed E-state index contributed by atoms with van der Waals surface area (Å²) in [7, 11) is 0. The Morgan fingerprint density at radius 3 is 1.21 bits per heavy atom. The first-order valence-electron chi connectivity index (χ1n) is 14.0. The smallest absolute Gasteiger partial charge is 0.410 e. The Morgan fingerprint density at radius 1 is 0.526 bits per heavy atom. The Hall–Kier alpha value is -3.10. The summed E-state index contributed by atoms with van der Waals surface area (Å²) in [6.07, 6.45) is 6.53. The van der Waals surface area contributed by atoms with E-state index in [2.05, 4.69) is 0 Å². The van der Waals surface area contributed by atoms with Gasteiger partial charge in [0.1, 0.15) is 13.2 Å². The van der Waals surface area contributed by atoms with Gasteiger partial charge in [0, 0.05) is 26.2 Å². The van der Waals surface area contributed by atoms with Gasteiger partial charge in [-0.15, -0.1) is 0 Å². The minimum atomic E-state index is -0.303. The van der Waals surface area contributed by atoms with E-state index in [-0.39, 0.29) is 25.4 Å². The van der Waals surface area contributed by atoms with Crippen LogP contribution in [0.5, 0.6) is 0 Å². The van der Waals surface area contributed by atoms with E-state index in [0.29, 0.717) is 39.3 Å². The fourth-order valence-corrected chi connectivity index (χ4v) is 4.06. The van der Waals surface area contributed by atoms with E-state index >= 15 is 0 Å². The Labute approximate surface area is 228 Å². The third kappa shape index (κ3) is 13.4. The number of nitrogens with zero attached hydrogens (tertiary/aromatic N) is 2. The molecule has 0 aromatic heterocycles. The van der Waals surface area contributed by atoms with Gasteiger partial charge in [0.2, 0.25) is 0 Å². The highest BCUT2D eigenvalue weighted by molar-refractivity contribution is 5.68. The summed E-state index contributed by atoms with van der Waals surface area (Å²) in [6, 6.07) is 19.4. The molecule has 0 aliphatic carbocycles. The van der Waals surface area contributed by atoms with Crippen LogP contribution in [0.25, 0.3) is 0 Å². The van der Waals surface area contributed by atoms with E-state index in [1.54, 1.807) is 9.80 Å². The largest absolute Gasteiger partial charge is 0.445 e. The lowest BCUT2D eigenvalue weighted by molar-refractivity contribution is 0.0893. The van der Waals surface area contributed by atoms with Crippen molar-refractivity contribution in [2.24, 2.45) is 11.5 Å². The first-order chi connectivity index (χ1) is 18.6. The number of rotatable bonds is 19. The van der Waals surface area contributed by atoms with Gasteiger partial charge in [0.25, 0.3) is 0 Å². The number of carbonyl (C=O) groups is 2. The zero-order valence-electron chi connectivity index (χ0n) is 22.8. The summed E-state index contributed by atoms with van der Waals surface area (Å²) in [4.78, 5) is 29.2. The predicted molar refractivity (Wildman–Crippen MR) is 151 cm³/mol. The van der Waals surface area contributed by atoms with Gasteiger partial charge in [-0.25, -0.2) is 9.59 Å². The quantitative estimate of drug-likeness (QED) is 0.240. The van der Waals surface area contributed by atoms with Crippen molar-refractivity contribution in [3.05, 3.63) is 71.8 Å². The van der Waals surface area contributed by atoms with E-state index in [4.69, 9.17) is 20.9 Å². The van der Waals surface area contributed by atoms with Crippen LogP contribution in [0.15, 0.2) is 60.7 Å². The average Bonchev–Trinajstić information content (AvgIpc) is 2.95. The van der Waals surface area contributed by atoms with Gasteiger partial charge < -0.3 is 30.7 Å². The Morgan fingerprint density at radius 2 is 0.868 bits per heavy atom. The molecule has 8 nitrogen and oxygen atoms in total. The van der Waals surface area contributed by atoms with Crippen molar-refractivity contribution < 1.29 is 19.1 Å². The minimum absolute atomic E-state index is 0.253. The number of benzene rings is 2. The lowest BCUT2D eigenvalue weighted by Crippen LogP contribution is -2.35. The fraction of sp³-hybridized carbons (Fsp3) is 0.533. The topological polar surface area (TPSA) is 111 Å². The third-order valence-corrected chi connectivity index (χ3v) is 6.30. The van der Waals surface area contributed by atoms with Gasteiger partial charge in [-0.1, -0.05) is 73.5 Å². The zero-order valence-corrected chi connectivity index (χ0v) is 22.8. The van der Waals surface area contributed by atoms with Crippen molar-refractivity contribution in [1.82, 2.24) is 9.80 Å². The van der Waals surface area contributed by atoms with Crippen LogP contribution in [0.3, 0.4) is 0 Å². The lowest BCUT2D eigenvalue weighted by Gasteiger charge is -2.24. The van der Waals surface area contributed by atoms with Crippen molar-refractivity contribution in [3.8, 4) is 0 Å². The molecule has 38 heavy (non-hydrogen) atoms. The predicted octanol–water partition coefficient (Wildman–Crippen LogP) is 5.30. The summed E-state index contributed by atoms with van der Waals surface area (Å²) in [5, 5.41) is 0. The molecule has 0 spiro atoms. The molecule has 0 saturated carbocycles. The van der Waals surface area contributed by atoms with Gasteiger partial charge in [-0.3, -0.25) is 0 Å². The number of hydrogen-bond donors (Lipinski definition) is 2. The molecule has 2 aromatic carbocycles. The van der Waals surface area contributed by atoms with E-state index in [0.717, 1.165) is 62.5 Å². The van der Waals surface area contributed by atoms with Gasteiger partial charge in [-0.05, 0) is 62.7 Å². The molecule has 0 bridgehead atoms. The normalized spacial score (nSPS) is 10.7. The average molecular weight is 527 g/mol. The molecule has 2 amide bonds. The number of nitrogens with two attached hydrogens (primary N) is 2. The van der Waals surface area contributed by atoms with Crippen LogP contribution >= 0.6 is 0 Å². The highest BCUT2D eigenvalue weighted by atomic mass is 16.6. The molecule has 0 unspecified atom stereocenters. The molecule has 8 heteroatoms. The molecule has 0 aliphatic heterocycles. The number of amides is 2. The second-order valence-corrected chi connectivity index (χ2v) is 9.46. The highest BCUT2D eigenvalue weighted by Crippen LogP contribution is 2.10. The second kappa shape index (κ2) is 19.9. The van der Waals surface area contributed by atoms with E-state index in [1.807, 2.05) is 60.7 Å². The maximum Gasteiger partial charge on any atom is 0.410 e. The van der Waals surface area contributed by atoms with Crippen molar-refractivity contribution >= 4 is 12.2 Å². The highest BCUT2D eigenvalue weighted by Gasteiger charge is 2.17. The molecule has 0 atom stereocenters. The van der Waals surface area contributed by atoms with Crippen LogP contribution in [0.1, 0.15) is 62.5 Å². The number of unbranched alkanes of at least 4 members (excludes halogenated alkanes) is 5. The third-order valence-electron chi connectivity index (χ3n) is 6.30. The number of carbonyl (C=O) groups excluding carboxylic acids is 2. The molecule has 2 aromatic rings. The molecule has 0 fully saturated rings. The van der Waals surface area contributed by atoms with Crippen LogP contribution in [-0.4, -0.2) is 61.3 Å². The maximum atomic E-state index is 12.8. The SMILES string of the molecule is NCCCCCN(CCCCN(CCCCCN)C(=O)OCc1ccccc1)C(=O)OCc1ccccc1. The summed E-state index contributed by atoms with van der Waals surface area (Å²) >= 11 is 0. The minimum Gasteiger partial charge on any atom is -0.445 e. The molecule has 0 aliphatic rings. The molecular weight excluding hydrogens is 480 g/mol. The Balaban J connectivity index is 1.84. The van der Waals surface area contributed by atoms with E-state index in [9.17, 15) is 9.59 Å². The number of hydrogen-bond acceptors (Lipinski definition) is 6. The summed E-state index contributed by atoms with van der Waals surface area (Å²) < 4.78 is 11.2. The zero-order chi connectivity index (χ0) is 27.3. The molecule has 210 valence electrons. The van der Waals surface area contributed by atoms with E-state index < -0.39 is 0 Å². The summed E-state index contributed by atoms with van der Waals surface area (Å²) in [6.45, 7) is 4.24. The lowest BCUT2D eigenvalue weighted by atomic mass is 10.2. The Kier molecular flexibility index (Phi) is 16.3. The summed E-state index contributed by atoms with van der Waals surface area (Å²) in [5.41, 5.74) is 13.2. The molecule has 2 rings (SSSR count). The van der Waals surface area contributed by atoms with Crippen molar-refractivity contribution in [2.75, 3.05) is 39.3 Å². The van der Waals surface area contributed by atoms with Gasteiger partial charge in [0.15, 0.2) is 0 Å². The van der Waals surface area contributed by atoms with Crippen LogP contribution in [0, 0.1) is 0 Å². The standard InChI is InChI=1S/C30H46N4O4/c31-19-9-3-11-21-33(29(35)37-25-27-15-5-1-6-16-27)23-13-14-24-34(22-12-4-10-20-32)30(36)38-26-28-17-7-2-8-18-28/h1-2,5-8,15-18H,3-4,9-14,19-26,31-32H2. The molecule has 4 N–H and O–H groups in total. The van der Waals surface area contributed by atoms with Gasteiger partial charge in [-0.2, -0.15) is 0 Å². The van der Waals surface area contributed by atoms with Gasteiger partial charge >= 0.3 is 12.2 Å². The van der Waals surface area contributed by atoms with Crippen molar-refractivity contribution in [1.29, 1.82) is 0 Å². The van der Waals surface area contributed by atoms with Crippen LogP contribution in [0.2, 0.25) is 0 Å². The van der Waals surface area contributed by atoms with Crippen molar-refractivity contribution in [3.63, 3.8) is 0 Å². The molecule has 0 heterocycles. The second-order valence-electron chi connectivity index (χ2n) is 9.46. The first-order valence-corrected chi connectivity index (χ1v) is 14.0. The molecule has 0 saturated heterocycles. The fourth-order valence-electron chi connectivity index (χ4n) is 4.06. The van der Waals surface area contributed by atoms with Crippen LogP contribution in [0.4, 0.5) is 9.59 Å². The van der Waals surface area contributed by atoms with Crippen LogP contribution in [-0.2, 0) is 22.7 Å². The van der Waals surface area contributed by atoms with E-state index in [1.165, 1.54) is 0 Å². The monoisotopic (exact) mass is 526 g/mol. The number of ether oxygens (including phenoxy) is 2. The Bertz CT molecular complexity index is 809.